The Bertz CT molecular complexity index is 684. The molecule has 0 saturated carbocycles. The predicted molar refractivity (Wildman–Crippen MR) is 101 cm³/mol. The minimum atomic E-state index is -0.635. The summed E-state index contributed by atoms with van der Waals surface area (Å²) in [4.78, 5) is 33.1. The van der Waals surface area contributed by atoms with Gasteiger partial charge in [0.25, 0.3) is 0 Å². The minimum Gasteiger partial charge on any atom is -0.335 e. The summed E-state index contributed by atoms with van der Waals surface area (Å²) in [7, 11) is 3.48. The average Bonchev–Trinajstić information content (AvgIpc) is 2.80. The first-order valence-electron chi connectivity index (χ1n) is 9.50. The molecule has 2 aliphatic heterocycles. The summed E-state index contributed by atoms with van der Waals surface area (Å²) in [6.45, 7) is 7.83. The van der Waals surface area contributed by atoms with Gasteiger partial charge in [0.1, 0.15) is 5.92 Å². The quantitative estimate of drug-likeness (QED) is 0.777. The van der Waals surface area contributed by atoms with Crippen molar-refractivity contribution in [2.75, 3.05) is 27.2 Å². The maximum atomic E-state index is 13.2. The van der Waals surface area contributed by atoms with E-state index in [9.17, 15) is 9.59 Å². The van der Waals surface area contributed by atoms with E-state index in [2.05, 4.69) is 12.1 Å². The lowest BCUT2D eigenvalue weighted by molar-refractivity contribution is -0.149. The molecule has 0 bridgehead atoms. The van der Waals surface area contributed by atoms with Gasteiger partial charge in [0.05, 0.1) is 13.2 Å². The number of carbonyl (C=O) groups is 2. The maximum absolute atomic E-state index is 13.2. The van der Waals surface area contributed by atoms with Crippen molar-refractivity contribution in [3.8, 4) is 0 Å². The number of aryl methyl sites for hydroxylation is 3. The van der Waals surface area contributed by atoms with E-state index in [1.54, 1.807) is 19.1 Å². The first-order chi connectivity index (χ1) is 12.3. The number of hydroxylamine groups is 2. The van der Waals surface area contributed by atoms with Gasteiger partial charge in [0.15, 0.2) is 5.78 Å². The second kappa shape index (κ2) is 7.49. The van der Waals surface area contributed by atoms with Crippen LogP contribution in [0.5, 0.6) is 0 Å². The number of carbonyl (C=O) groups excluding carboxylic acids is 2. The van der Waals surface area contributed by atoms with Crippen molar-refractivity contribution in [2.24, 2.45) is 5.92 Å². The molecular formula is C21H30N2O3. The lowest BCUT2D eigenvalue weighted by Crippen LogP contribution is -2.38. The van der Waals surface area contributed by atoms with Gasteiger partial charge in [-0.3, -0.25) is 9.59 Å². The third kappa shape index (κ3) is 3.42. The number of piperidine rings is 1. The summed E-state index contributed by atoms with van der Waals surface area (Å²) >= 11 is 0. The van der Waals surface area contributed by atoms with Gasteiger partial charge in [-0.15, -0.1) is 0 Å². The van der Waals surface area contributed by atoms with Crippen LogP contribution in [-0.4, -0.2) is 54.9 Å². The molecule has 2 unspecified atom stereocenters. The number of Topliss-reactive ketones (excluding diaryl/α,β-unsaturated/α-hetero) is 1. The summed E-state index contributed by atoms with van der Waals surface area (Å²) in [6.07, 6.45) is 2.78. The Labute approximate surface area is 156 Å². The van der Waals surface area contributed by atoms with Gasteiger partial charge in [-0.05, 0) is 62.6 Å². The first-order valence-corrected chi connectivity index (χ1v) is 9.50. The van der Waals surface area contributed by atoms with E-state index in [-0.39, 0.29) is 17.7 Å². The number of amides is 1. The molecule has 0 spiro atoms. The van der Waals surface area contributed by atoms with Crippen LogP contribution < -0.4 is 0 Å². The fourth-order valence-electron chi connectivity index (χ4n) is 4.69. The van der Waals surface area contributed by atoms with Crippen molar-refractivity contribution in [3.05, 3.63) is 34.4 Å². The van der Waals surface area contributed by atoms with Crippen LogP contribution in [0.1, 0.15) is 47.4 Å². The molecule has 2 atom stereocenters. The van der Waals surface area contributed by atoms with Crippen LogP contribution >= 0.6 is 0 Å². The van der Waals surface area contributed by atoms with Crippen molar-refractivity contribution >= 4 is 11.7 Å². The van der Waals surface area contributed by atoms with Gasteiger partial charge in [0, 0.05) is 20.1 Å². The van der Waals surface area contributed by atoms with Gasteiger partial charge in [-0.25, -0.2) is 0 Å². The molecule has 2 heterocycles. The third-order valence-electron chi connectivity index (χ3n) is 6.09. The molecule has 2 aliphatic rings. The van der Waals surface area contributed by atoms with E-state index in [0.29, 0.717) is 5.92 Å². The van der Waals surface area contributed by atoms with Crippen LogP contribution in [0.4, 0.5) is 0 Å². The summed E-state index contributed by atoms with van der Waals surface area (Å²) in [6, 6.07) is 3.83. The SMILES string of the molecule is CON1CCC(CC2C(=O)C(c3c(C)cc(C)cc3C)C(=O)N2C)CC1. The highest BCUT2D eigenvalue weighted by Gasteiger charge is 2.47. The van der Waals surface area contributed by atoms with Crippen molar-refractivity contribution in [1.29, 1.82) is 0 Å². The van der Waals surface area contributed by atoms with Crippen LogP contribution in [0.15, 0.2) is 12.1 Å². The number of ketones is 1. The summed E-state index contributed by atoms with van der Waals surface area (Å²) < 4.78 is 0. The van der Waals surface area contributed by atoms with Crippen LogP contribution in [0.25, 0.3) is 0 Å². The molecule has 0 aliphatic carbocycles. The molecule has 0 aromatic heterocycles. The molecule has 1 aromatic rings. The molecular weight excluding hydrogens is 328 g/mol. The van der Waals surface area contributed by atoms with E-state index >= 15 is 0 Å². The number of likely N-dealkylation sites (N-methyl/N-ethyl adjacent to an activating group) is 1. The van der Waals surface area contributed by atoms with Gasteiger partial charge >= 0.3 is 0 Å². The zero-order valence-corrected chi connectivity index (χ0v) is 16.5. The predicted octanol–water partition coefficient (Wildman–Crippen LogP) is 2.77. The molecule has 3 rings (SSSR count). The van der Waals surface area contributed by atoms with Crippen molar-refractivity contribution in [2.45, 2.75) is 52.0 Å². The molecule has 2 saturated heterocycles. The molecule has 142 valence electrons. The van der Waals surface area contributed by atoms with Crippen molar-refractivity contribution in [3.63, 3.8) is 0 Å². The number of benzene rings is 1. The Morgan fingerprint density at radius 2 is 1.65 bits per heavy atom. The second-order valence-electron chi connectivity index (χ2n) is 7.90. The molecule has 26 heavy (non-hydrogen) atoms. The summed E-state index contributed by atoms with van der Waals surface area (Å²) in [5.41, 5.74) is 4.15. The van der Waals surface area contributed by atoms with Gasteiger partial charge in [-0.2, -0.15) is 5.06 Å². The van der Waals surface area contributed by atoms with Gasteiger partial charge < -0.3 is 9.74 Å². The molecule has 0 N–H and O–H groups in total. The lowest BCUT2D eigenvalue weighted by Gasteiger charge is -2.32. The van der Waals surface area contributed by atoms with Gasteiger partial charge in [-0.1, -0.05) is 17.7 Å². The fourth-order valence-corrected chi connectivity index (χ4v) is 4.69. The largest absolute Gasteiger partial charge is 0.335 e. The monoisotopic (exact) mass is 358 g/mol. The van der Waals surface area contributed by atoms with E-state index in [4.69, 9.17) is 4.84 Å². The highest BCUT2D eigenvalue weighted by atomic mass is 16.7. The summed E-state index contributed by atoms with van der Waals surface area (Å²) in [5, 5.41) is 1.96. The van der Waals surface area contributed by atoms with E-state index in [1.165, 1.54) is 0 Å². The van der Waals surface area contributed by atoms with Crippen LogP contribution in [0.3, 0.4) is 0 Å². The van der Waals surface area contributed by atoms with E-state index < -0.39 is 5.92 Å². The molecule has 5 nitrogen and oxygen atoms in total. The first kappa shape index (κ1) is 19.1. The standard InChI is InChI=1S/C21H30N2O3/c1-13-10-14(2)18(15(3)11-13)19-20(24)17(22(4)21(19)25)12-16-6-8-23(26-5)9-7-16/h10-11,16-17,19H,6-9,12H2,1-5H3. The topological polar surface area (TPSA) is 49.9 Å². The smallest absolute Gasteiger partial charge is 0.238 e. The Hall–Kier alpha value is -1.72. The molecule has 2 fully saturated rings. The number of rotatable bonds is 4. The average molecular weight is 358 g/mol. The minimum absolute atomic E-state index is 0.0515. The Morgan fingerprint density at radius 3 is 2.19 bits per heavy atom. The highest BCUT2D eigenvalue weighted by Crippen LogP contribution is 2.37. The number of likely N-dealkylation sites (tertiary alicyclic amines) is 1. The second-order valence-corrected chi connectivity index (χ2v) is 7.90. The zero-order valence-electron chi connectivity index (χ0n) is 16.5. The summed E-state index contributed by atoms with van der Waals surface area (Å²) in [5.74, 6) is -0.152. The van der Waals surface area contributed by atoms with Crippen LogP contribution in [-0.2, 0) is 14.4 Å². The fraction of sp³-hybridized carbons (Fsp3) is 0.619. The van der Waals surface area contributed by atoms with Crippen LogP contribution in [0.2, 0.25) is 0 Å². The molecule has 5 heteroatoms. The zero-order chi connectivity index (χ0) is 19.0. The van der Waals surface area contributed by atoms with Gasteiger partial charge in [0.2, 0.25) is 5.91 Å². The van der Waals surface area contributed by atoms with Crippen molar-refractivity contribution < 1.29 is 14.4 Å². The molecule has 1 amide bonds. The number of hydrogen-bond acceptors (Lipinski definition) is 4. The lowest BCUT2D eigenvalue weighted by atomic mass is 9.84. The maximum Gasteiger partial charge on any atom is 0.238 e. The Morgan fingerprint density at radius 1 is 1.08 bits per heavy atom. The normalized spacial score (nSPS) is 25.3. The van der Waals surface area contributed by atoms with Crippen LogP contribution in [0, 0.1) is 26.7 Å². The highest BCUT2D eigenvalue weighted by molar-refractivity contribution is 6.15. The third-order valence-corrected chi connectivity index (χ3v) is 6.09. The number of nitrogens with zero attached hydrogens (tertiary/aromatic N) is 2. The van der Waals surface area contributed by atoms with E-state index in [1.807, 2.05) is 25.8 Å². The molecule has 0 radical (unpaired) electrons. The molecule has 1 aromatic carbocycles. The Kier molecular flexibility index (Phi) is 5.49. The van der Waals surface area contributed by atoms with Crippen molar-refractivity contribution in [1.82, 2.24) is 9.96 Å². The van der Waals surface area contributed by atoms with E-state index in [0.717, 1.165) is 54.6 Å². The Balaban J connectivity index is 1.79. The number of hydrogen-bond donors (Lipinski definition) is 0.